The average Bonchev–Trinajstić information content (AvgIpc) is 2.70. The quantitative estimate of drug-likeness (QED) is 0.669. The standard InChI is InChI=1S/C19H31N3O4/c1-5-21-9-11-22(12-10-21)8-6-7-20-19(23)15-13-16(24-2)18(26-4)17(14-15)25-3/h13-14H,5-12H2,1-4H3,(H,20,23). The summed E-state index contributed by atoms with van der Waals surface area (Å²) in [7, 11) is 4.62. The topological polar surface area (TPSA) is 63.3 Å². The van der Waals surface area contributed by atoms with Gasteiger partial charge in [-0.3, -0.25) is 4.79 Å². The molecule has 2 rings (SSSR count). The van der Waals surface area contributed by atoms with E-state index in [0.717, 1.165) is 45.7 Å². The third-order valence-corrected chi connectivity index (χ3v) is 4.78. The molecule has 7 heteroatoms. The van der Waals surface area contributed by atoms with Crippen LogP contribution in [0.1, 0.15) is 23.7 Å². The second-order valence-electron chi connectivity index (χ2n) is 6.30. The van der Waals surface area contributed by atoms with Crippen molar-refractivity contribution >= 4 is 5.91 Å². The lowest BCUT2D eigenvalue weighted by molar-refractivity contribution is 0.0947. The molecule has 0 aliphatic carbocycles. The fourth-order valence-electron chi connectivity index (χ4n) is 3.15. The number of rotatable bonds is 9. The number of amides is 1. The van der Waals surface area contributed by atoms with Crippen molar-refractivity contribution in [1.82, 2.24) is 15.1 Å². The Labute approximate surface area is 156 Å². The number of carbonyl (C=O) groups is 1. The first-order valence-electron chi connectivity index (χ1n) is 9.15. The lowest BCUT2D eigenvalue weighted by Gasteiger charge is -2.33. The number of methoxy groups -OCH3 is 3. The predicted octanol–water partition coefficient (Wildman–Crippen LogP) is 1.47. The minimum atomic E-state index is -0.139. The molecular formula is C19H31N3O4. The Morgan fingerprint density at radius 1 is 1.00 bits per heavy atom. The van der Waals surface area contributed by atoms with Crippen molar-refractivity contribution in [3.63, 3.8) is 0 Å². The Balaban J connectivity index is 1.82. The van der Waals surface area contributed by atoms with E-state index in [1.165, 1.54) is 14.2 Å². The highest BCUT2D eigenvalue weighted by Crippen LogP contribution is 2.38. The van der Waals surface area contributed by atoms with Gasteiger partial charge in [-0.1, -0.05) is 6.92 Å². The summed E-state index contributed by atoms with van der Waals surface area (Å²) in [6, 6.07) is 3.33. The highest BCUT2D eigenvalue weighted by molar-refractivity contribution is 5.95. The first-order chi connectivity index (χ1) is 12.6. The zero-order chi connectivity index (χ0) is 18.9. The molecule has 0 aromatic heterocycles. The predicted molar refractivity (Wildman–Crippen MR) is 102 cm³/mol. The van der Waals surface area contributed by atoms with Crippen LogP contribution >= 0.6 is 0 Å². The van der Waals surface area contributed by atoms with Crippen LogP contribution in [0, 0.1) is 0 Å². The lowest BCUT2D eigenvalue weighted by atomic mass is 10.1. The summed E-state index contributed by atoms with van der Waals surface area (Å²) >= 11 is 0. The summed E-state index contributed by atoms with van der Waals surface area (Å²) in [5.74, 6) is 1.30. The molecule has 0 bridgehead atoms. The summed E-state index contributed by atoms with van der Waals surface area (Å²) in [5, 5.41) is 2.97. The van der Waals surface area contributed by atoms with Crippen LogP contribution in [0.15, 0.2) is 12.1 Å². The lowest BCUT2D eigenvalue weighted by Crippen LogP contribution is -2.46. The van der Waals surface area contributed by atoms with Gasteiger partial charge in [0, 0.05) is 38.3 Å². The van der Waals surface area contributed by atoms with Crippen molar-refractivity contribution in [1.29, 1.82) is 0 Å². The van der Waals surface area contributed by atoms with Gasteiger partial charge in [0.05, 0.1) is 21.3 Å². The van der Waals surface area contributed by atoms with Crippen LogP contribution < -0.4 is 19.5 Å². The van der Waals surface area contributed by atoms with Gasteiger partial charge in [0.25, 0.3) is 5.91 Å². The van der Waals surface area contributed by atoms with Crippen molar-refractivity contribution in [2.45, 2.75) is 13.3 Å². The summed E-state index contributed by atoms with van der Waals surface area (Å²) in [6.07, 6.45) is 0.933. The number of carbonyl (C=O) groups excluding carboxylic acids is 1. The van der Waals surface area contributed by atoms with E-state index in [-0.39, 0.29) is 5.91 Å². The molecule has 1 saturated heterocycles. The van der Waals surface area contributed by atoms with Gasteiger partial charge in [0.1, 0.15) is 0 Å². The van der Waals surface area contributed by atoms with Gasteiger partial charge in [0.2, 0.25) is 5.75 Å². The van der Waals surface area contributed by atoms with Crippen LogP contribution in [0.2, 0.25) is 0 Å². The minimum absolute atomic E-state index is 0.139. The van der Waals surface area contributed by atoms with Crippen LogP contribution in [0.25, 0.3) is 0 Å². The van der Waals surface area contributed by atoms with Crippen LogP contribution in [0.3, 0.4) is 0 Å². The van der Waals surface area contributed by atoms with Gasteiger partial charge in [-0.2, -0.15) is 0 Å². The number of nitrogens with zero attached hydrogens (tertiary/aromatic N) is 2. The molecule has 1 N–H and O–H groups in total. The molecule has 0 saturated carbocycles. The summed E-state index contributed by atoms with van der Waals surface area (Å²) in [5.41, 5.74) is 0.496. The molecule has 1 fully saturated rings. The van der Waals surface area contributed by atoms with E-state index in [0.29, 0.717) is 29.4 Å². The zero-order valence-electron chi connectivity index (χ0n) is 16.3. The molecule has 1 aromatic carbocycles. The van der Waals surface area contributed by atoms with Crippen LogP contribution in [0.4, 0.5) is 0 Å². The third-order valence-electron chi connectivity index (χ3n) is 4.78. The number of ether oxygens (including phenoxy) is 3. The Morgan fingerprint density at radius 2 is 1.58 bits per heavy atom. The number of likely N-dealkylation sites (N-methyl/N-ethyl adjacent to an activating group) is 1. The van der Waals surface area contributed by atoms with Crippen molar-refractivity contribution in [2.24, 2.45) is 0 Å². The van der Waals surface area contributed by atoms with Gasteiger partial charge < -0.3 is 29.3 Å². The monoisotopic (exact) mass is 365 g/mol. The summed E-state index contributed by atoms with van der Waals surface area (Å²) < 4.78 is 15.9. The number of piperazine rings is 1. The third kappa shape index (κ3) is 5.25. The van der Waals surface area contributed by atoms with Crippen molar-refractivity contribution < 1.29 is 19.0 Å². The van der Waals surface area contributed by atoms with E-state index >= 15 is 0 Å². The van der Waals surface area contributed by atoms with Gasteiger partial charge >= 0.3 is 0 Å². The number of hydrogen-bond donors (Lipinski definition) is 1. The van der Waals surface area contributed by atoms with Crippen LogP contribution in [-0.2, 0) is 0 Å². The van der Waals surface area contributed by atoms with Crippen LogP contribution in [-0.4, -0.2) is 82.8 Å². The van der Waals surface area contributed by atoms with E-state index in [1.54, 1.807) is 19.2 Å². The van der Waals surface area contributed by atoms with Gasteiger partial charge in [-0.25, -0.2) is 0 Å². The summed E-state index contributed by atoms with van der Waals surface area (Å²) in [4.78, 5) is 17.3. The minimum Gasteiger partial charge on any atom is -0.493 e. The van der Waals surface area contributed by atoms with Crippen molar-refractivity contribution in [3.05, 3.63) is 17.7 Å². The van der Waals surface area contributed by atoms with Gasteiger partial charge in [-0.05, 0) is 31.6 Å². The number of nitrogens with one attached hydrogen (secondary N) is 1. The van der Waals surface area contributed by atoms with Crippen LogP contribution in [0.5, 0.6) is 17.2 Å². The fraction of sp³-hybridized carbons (Fsp3) is 0.632. The SMILES string of the molecule is CCN1CCN(CCCNC(=O)c2cc(OC)c(OC)c(OC)c2)CC1. The Morgan fingerprint density at radius 3 is 2.08 bits per heavy atom. The van der Waals surface area contributed by atoms with E-state index in [2.05, 4.69) is 22.0 Å². The van der Waals surface area contributed by atoms with Crippen molar-refractivity contribution in [2.75, 3.05) is 67.1 Å². The Hall–Kier alpha value is -1.99. The average molecular weight is 365 g/mol. The highest BCUT2D eigenvalue weighted by atomic mass is 16.5. The van der Waals surface area contributed by atoms with Gasteiger partial charge in [0.15, 0.2) is 11.5 Å². The van der Waals surface area contributed by atoms with Crippen molar-refractivity contribution in [3.8, 4) is 17.2 Å². The number of hydrogen-bond acceptors (Lipinski definition) is 6. The highest BCUT2D eigenvalue weighted by Gasteiger charge is 2.17. The molecule has 0 spiro atoms. The molecule has 0 atom stereocenters. The molecule has 0 radical (unpaired) electrons. The first-order valence-corrected chi connectivity index (χ1v) is 9.15. The maximum absolute atomic E-state index is 12.4. The second-order valence-corrected chi connectivity index (χ2v) is 6.30. The molecule has 0 unspecified atom stereocenters. The second kappa shape index (κ2) is 10.2. The number of benzene rings is 1. The smallest absolute Gasteiger partial charge is 0.251 e. The zero-order valence-corrected chi connectivity index (χ0v) is 16.3. The maximum atomic E-state index is 12.4. The van der Waals surface area contributed by atoms with E-state index in [9.17, 15) is 4.79 Å². The molecule has 7 nitrogen and oxygen atoms in total. The molecular weight excluding hydrogens is 334 g/mol. The molecule has 1 aliphatic heterocycles. The van der Waals surface area contributed by atoms with E-state index < -0.39 is 0 Å². The Kier molecular flexibility index (Phi) is 8.00. The molecule has 146 valence electrons. The molecule has 1 amide bonds. The summed E-state index contributed by atoms with van der Waals surface area (Å²) in [6.45, 7) is 9.45. The molecule has 1 aromatic rings. The Bertz CT molecular complexity index is 561. The normalized spacial score (nSPS) is 15.5. The van der Waals surface area contributed by atoms with Gasteiger partial charge in [-0.15, -0.1) is 0 Å². The first kappa shape index (κ1) is 20.3. The molecule has 26 heavy (non-hydrogen) atoms. The van der Waals surface area contributed by atoms with E-state index in [1.807, 2.05) is 0 Å². The maximum Gasteiger partial charge on any atom is 0.251 e. The largest absolute Gasteiger partial charge is 0.493 e. The fourth-order valence-corrected chi connectivity index (χ4v) is 3.15. The molecule has 1 heterocycles. The van der Waals surface area contributed by atoms with E-state index in [4.69, 9.17) is 14.2 Å². The molecule has 1 aliphatic rings.